The first-order valence-corrected chi connectivity index (χ1v) is 8.09. The predicted molar refractivity (Wildman–Crippen MR) is 75.3 cm³/mol. The number of aryl methyl sites for hydroxylation is 1. The molecule has 0 saturated carbocycles. The fraction of sp³-hybridized carbons (Fsp3) is 0.462. The number of sulfonamides is 1. The lowest BCUT2D eigenvalue weighted by molar-refractivity contribution is -0.146. The van der Waals surface area contributed by atoms with Crippen molar-refractivity contribution < 1.29 is 22.7 Å². The first kappa shape index (κ1) is 16.2. The van der Waals surface area contributed by atoms with Crippen molar-refractivity contribution in [2.45, 2.75) is 25.2 Å². The maximum absolute atomic E-state index is 13.4. The number of halogens is 2. The molecule has 1 aliphatic rings. The summed E-state index contributed by atoms with van der Waals surface area (Å²) in [4.78, 5) is 11.0. The van der Waals surface area contributed by atoms with Gasteiger partial charge in [0.2, 0.25) is 10.0 Å². The molecule has 1 aromatic rings. The second kappa shape index (κ2) is 5.23. The van der Waals surface area contributed by atoms with Gasteiger partial charge in [0.15, 0.2) is 0 Å². The first-order valence-electron chi connectivity index (χ1n) is 6.27. The SMILES string of the molecule is Cc1cc(S(=O)(=O)N2CCC(C)(C(=O)O)C2)c(Cl)cc1F. The van der Waals surface area contributed by atoms with Gasteiger partial charge in [-0.3, -0.25) is 4.79 Å². The van der Waals surface area contributed by atoms with E-state index in [0.29, 0.717) is 0 Å². The molecular weight excluding hydrogens is 321 g/mol. The van der Waals surface area contributed by atoms with E-state index in [0.717, 1.165) is 10.4 Å². The van der Waals surface area contributed by atoms with Gasteiger partial charge in [-0.1, -0.05) is 11.6 Å². The van der Waals surface area contributed by atoms with Crippen LogP contribution >= 0.6 is 11.6 Å². The van der Waals surface area contributed by atoms with Gasteiger partial charge in [-0.2, -0.15) is 4.31 Å². The van der Waals surface area contributed by atoms with Crippen LogP contribution in [0.15, 0.2) is 17.0 Å². The summed E-state index contributed by atoms with van der Waals surface area (Å²) in [5.74, 6) is -1.63. The number of hydrogen-bond donors (Lipinski definition) is 1. The standard InChI is InChI=1S/C13H15ClFNO4S/c1-8-5-11(9(14)6-10(8)15)21(19,20)16-4-3-13(2,7-16)12(17)18/h5-6H,3-4,7H2,1-2H3,(H,17,18). The van der Waals surface area contributed by atoms with Crippen LogP contribution in [0.5, 0.6) is 0 Å². The lowest BCUT2D eigenvalue weighted by Crippen LogP contribution is -2.35. The maximum atomic E-state index is 13.4. The van der Waals surface area contributed by atoms with Crippen LogP contribution in [-0.2, 0) is 14.8 Å². The summed E-state index contributed by atoms with van der Waals surface area (Å²) in [7, 11) is -3.94. The van der Waals surface area contributed by atoms with Gasteiger partial charge in [-0.05, 0) is 38.0 Å². The van der Waals surface area contributed by atoms with E-state index >= 15 is 0 Å². The molecule has 1 unspecified atom stereocenters. The molecule has 5 nitrogen and oxygen atoms in total. The van der Waals surface area contributed by atoms with Crippen LogP contribution in [0.1, 0.15) is 18.9 Å². The monoisotopic (exact) mass is 335 g/mol. The molecule has 1 aliphatic heterocycles. The van der Waals surface area contributed by atoms with Crippen molar-refractivity contribution in [2.24, 2.45) is 5.41 Å². The minimum absolute atomic E-state index is 0.0951. The highest BCUT2D eigenvalue weighted by Gasteiger charge is 2.45. The molecule has 0 amide bonds. The molecule has 0 spiro atoms. The third-order valence-corrected chi connectivity index (χ3v) is 6.10. The van der Waals surface area contributed by atoms with E-state index in [-0.39, 0.29) is 35.0 Å². The van der Waals surface area contributed by atoms with Crippen LogP contribution in [-0.4, -0.2) is 36.9 Å². The predicted octanol–water partition coefficient (Wildman–Crippen LogP) is 2.27. The Kier molecular flexibility index (Phi) is 4.03. The van der Waals surface area contributed by atoms with Crippen molar-refractivity contribution in [3.8, 4) is 0 Å². The fourth-order valence-electron chi connectivity index (χ4n) is 2.27. The number of carboxylic acid groups (broad SMARTS) is 1. The Morgan fingerprint density at radius 2 is 2.10 bits per heavy atom. The Hall–Kier alpha value is -1.18. The molecule has 116 valence electrons. The third kappa shape index (κ3) is 2.77. The van der Waals surface area contributed by atoms with E-state index in [2.05, 4.69) is 0 Å². The van der Waals surface area contributed by atoms with Crippen molar-refractivity contribution in [2.75, 3.05) is 13.1 Å². The second-order valence-electron chi connectivity index (χ2n) is 5.49. The average molecular weight is 336 g/mol. The summed E-state index contributed by atoms with van der Waals surface area (Å²) < 4.78 is 39.6. The van der Waals surface area contributed by atoms with E-state index in [1.165, 1.54) is 19.9 Å². The van der Waals surface area contributed by atoms with Crippen molar-refractivity contribution >= 4 is 27.6 Å². The number of benzene rings is 1. The molecule has 0 radical (unpaired) electrons. The summed E-state index contributed by atoms with van der Waals surface area (Å²) in [5, 5.41) is 8.96. The van der Waals surface area contributed by atoms with Gasteiger partial charge in [0.25, 0.3) is 0 Å². The Bertz CT molecular complexity index is 706. The molecule has 0 aromatic heterocycles. The number of carbonyl (C=O) groups is 1. The highest BCUT2D eigenvalue weighted by Crippen LogP contribution is 2.35. The zero-order valence-corrected chi connectivity index (χ0v) is 13.1. The van der Waals surface area contributed by atoms with Crippen molar-refractivity contribution in [3.05, 3.63) is 28.5 Å². The molecule has 21 heavy (non-hydrogen) atoms. The second-order valence-corrected chi connectivity index (χ2v) is 7.80. The Morgan fingerprint density at radius 3 is 2.62 bits per heavy atom. The highest BCUT2D eigenvalue weighted by molar-refractivity contribution is 7.89. The minimum Gasteiger partial charge on any atom is -0.481 e. The molecule has 1 N–H and O–H groups in total. The van der Waals surface area contributed by atoms with E-state index in [1.807, 2.05) is 0 Å². The molecule has 1 aromatic carbocycles. The lowest BCUT2D eigenvalue weighted by atomic mass is 9.90. The van der Waals surface area contributed by atoms with Crippen LogP contribution in [0, 0.1) is 18.2 Å². The fourth-order valence-corrected chi connectivity index (χ4v) is 4.40. The molecule has 0 aliphatic carbocycles. The quantitative estimate of drug-likeness (QED) is 0.919. The molecule has 1 heterocycles. The molecule has 2 rings (SSSR count). The van der Waals surface area contributed by atoms with Crippen LogP contribution in [0.2, 0.25) is 5.02 Å². The zero-order chi connectivity index (χ0) is 16.0. The number of carboxylic acids is 1. The molecule has 1 atom stereocenters. The number of rotatable bonds is 3. The Balaban J connectivity index is 2.41. The lowest BCUT2D eigenvalue weighted by Gasteiger charge is -2.20. The molecule has 8 heteroatoms. The van der Waals surface area contributed by atoms with Crippen molar-refractivity contribution in [3.63, 3.8) is 0 Å². The van der Waals surface area contributed by atoms with Gasteiger partial charge in [-0.25, -0.2) is 12.8 Å². The number of hydrogen-bond acceptors (Lipinski definition) is 3. The summed E-state index contributed by atoms with van der Waals surface area (Å²) in [5.41, 5.74) is -0.951. The Morgan fingerprint density at radius 1 is 1.48 bits per heavy atom. The van der Waals surface area contributed by atoms with E-state index < -0.39 is 27.2 Å². The van der Waals surface area contributed by atoms with Crippen molar-refractivity contribution in [1.29, 1.82) is 0 Å². The van der Waals surface area contributed by atoms with Crippen LogP contribution in [0.25, 0.3) is 0 Å². The van der Waals surface area contributed by atoms with Gasteiger partial charge in [0.1, 0.15) is 10.7 Å². The van der Waals surface area contributed by atoms with Gasteiger partial charge in [0.05, 0.1) is 10.4 Å². The first-order chi connectivity index (χ1) is 9.58. The van der Waals surface area contributed by atoms with Gasteiger partial charge in [0, 0.05) is 13.1 Å². The smallest absolute Gasteiger partial charge is 0.310 e. The third-order valence-electron chi connectivity index (χ3n) is 3.79. The van der Waals surface area contributed by atoms with Gasteiger partial charge < -0.3 is 5.11 Å². The minimum atomic E-state index is -3.94. The van der Waals surface area contributed by atoms with Crippen molar-refractivity contribution in [1.82, 2.24) is 4.31 Å². The van der Waals surface area contributed by atoms with Crippen LogP contribution < -0.4 is 0 Å². The van der Waals surface area contributed by atoms with E-state index in [4.69, 9.17) is 16.7 Å². The van der Waals surface area contributed by atoms with Gasteiger partial charge >= 0.3 is 5.97 Å². The average Bonchev–Trinajstić information content (AvgIpc) is 2.78. The normalized spacial score (nSPS) is 23.4. The molecule has 1 saturated heterocycles. The zero-order valence-electron chi connectivity index (χ0n) is 11.6. The molecule has 1 fully saturated rings. The topological polar surface area (TPSA) is 74.7 Å². The van der Waals surface area contributed by atoms with E-state index in [9.17, 15) is 17.6 Å². The van der Waals surface area contributed by atoms with Crippen LogP contribution in [0.3, 0.4) is 0 Å². The summed E-state index contributed by atoms with van der Waals surface area (Å²) in [6, 6.07) is 2.12. The number of aliphatic carboxylic acids is 1. The summed E-state index contributed by atoms with van der Waals surface area (Å²) in [6.45, 7) is 2.91. The summed E-state index contributed by atoms with van der Waals surface area (Å²) in [6.07, 6.45) is 0.222. The molecule has 0 bridgehead atoms. The molecular formula is C13H15ClFNO4S. The van der Waals surface area contributed by atoms with Crippen LogP contribution in [0.4, 0.5) is 4.39 Å². The number of nitrogens with zero attached hydrogens (tertiary/aromatic N) is 1. The highest BCUT2D eigenvalue weighted by atomic mass is 35.5. The van der Waals surface area contributed by atoms with E-state index in [1.54, 1.807) is 0 Å². The maximum Gasteiger partial charge on any atom is 0.310 e. The largest absolute Gasteiger partial charge is 0.481 e. The Labute approximate surface area is 127 Å². The summed E-state index contributed by atoms with van der Waals surface area (Å²) >= 11 is 5.84. The van der Waals surface area contributed by atoms with Gasteiger partial charge in [-0.15, -0.1) is 0 Å².